The van der Waals surface area contributed by atoms with Crippen molar-refractivity contribution >= 4 is 17.5 Å². The molecular formula is C15H13F2NOS. The standard InChI is InChI=1S/C15H13F2NOS/c1-20-15-12(16)7-10(8-13(15)17)9-14(18-19)11-5-3-2-4-6-11/h2-8,19H,9H2,1H3. The van der Waals surface area contributed by atoms with Gasteiger partial charge in [-0.3, -0.25) is 0 Å². The molecule has 0 radical (unpaired) electrons. The predicted molar refractivity (Wildman–Crippen MR) is 76.6 cm³/mol. The van der Waals surface area contributed by atoms with Gasteiger partial charge in [0.05, 0.1) is 10.6 Å². The van der Waals surface area contributed by atoms with Crippen LogP contribution in [-0.2, 0) is 6.42 Å². The summed E-state index contributed by atoms with van der Waals surface area (Å²) in [5.74, 6) is -1.20. The quantitative estimate of drug-likeness (QED) is 0.398. The molecule has 0 amide bonds. The van der Waals surface area contributed by atoms with Crippen LogP contribution in [0, 0.1) is 11.6 Å². The summed E-state index contributed by atoms with van der Waals surface area (Å²) in [6, 6.07) is 11.5. The van der Waals surface area contributed by atoms with E-state index in [1.165, 1.54) is 12.1 Å². The summed E-state index contributed by atoms with van der Waals surface area (Å²) in [5, 5.41) is 12.3. The van der Waals surface area contributed by atoms with Crippen molar-refractivity contribution in [3.05, 3.63) is 65.2 Å². The van der Waals surface area contributed by atoms with Crippen LogP contribution in [0.25, 0.3) is 0 Å². The molecule has 104 valence electrons. The molecule has 0 aromatic heterocycles. The van der Waals surface area contributed by atoms with E-state index < -0.39 is 11.6 Å². The van der Waals surface area contributed by atoms with Gasteiger partial charge in [0.1, 0.15) is 11.6 Å². The fourth-order valence-corrected chi connectivity index (χ4v) is 2.44. The molecule has 0 saturated carbocycles. The van der Waals surface area contributed by atoms with Crippen LogP contribution >= 0.6 is 11.8 Å². The van der Waals surface area contributed by atoms with Crippen LogP contribution in [0.4, 0.5) is 8.78 Å². The van der Waals surface area contributed by atoms with Crippen molar-refractivity contribution in [2.45, 2.75) is 11.3 Å². The zero-order valence-corrected chi connectivity index (χ0v) is 11.6. The maximum Gasteiger partial charge on any atom is 0.140 e. The zero-order chi connectivity index (χ0) is 14.5. The van der Waals surface area contributed by atoms with Gasteiger partial charge in [0.25, 0.3) is 0 Å². The van der Waals surface area contributed by atoms with Crippen LogP contribution in [0.2, 0.25) is 0 Å². The summed E-state index contributed by atoms with van der Waals surface area (Å²) in [6.07, 6.45) is 1.77. The number of hydrogen-bond acceptors (Lipinski definition) is 3. The van der Waals surface area contributed by atoms with E-state index >= 15 is 0 Å². The highest BCUT2D eigenvalue weighted by Crippen LogP contribution is 2.24. The Labute approximate surface area is 120 Å². The molecule has 5 heteroatoms. The van der Waals surface area contributed by atoms with Crippen molar-refractivity contribution in [1.29, 1.82) is 0 Å². The molecule has 0 saturated heterocycles. The Hall–Kier alpha value is -1.88. The molecular weight excluding hydrogens is 280 g/mol. The van der Waals surface area contributed by atoms with Crippen molar-refractivity contribution in [2.75, 3.05) is 6.26 Å². The minimum Gasteiger partial charge on any atom is -0.411 e. The molecule has 0 fully saturated rings. The van der Waals surface area contributed by atoms with E-state index in [9.17, 15) is 8.78 Å². The third kappa shape index (κ3) is 3.17. The minimum absolute atomic E-state index is 0.00375. The van der Waals surface area contributed by atoms with E-state index in [2.05, 4.69) is 5.16 Å². The molecule has 2 nitrogen and oxygen atoms in total. The molecule has 0 spiro atoms. The second-order valence-corrected chi connectivity index (χ2v) is 5.00. The first kappa shape index (κ1) is 14.5. The number of nitrogens with zero attached hydrogens (tertiary/aromatic N) is 1. The molecule has 2 rings (SSSR count). The lowest BCUT2D eigenvalue weighted by atomic mass is 10.0. The Balaban J connectivity index is 2.30. The Morgan fingerprint density at radius 1 is 1.15 bits per heavy atom. The fraction of sp³-hybridized carbons (Fsp3) is 0.133. The van der Waals surface area contributed by atoms with Gasteiger partial charge < -0.3 is 5.21 Å². The highest BCUT2D eigenvalue weighted by atomic mass is 32.2. The van der Waals surface area contributed by atoms with Crippen molar-refractivity contribution < 1.29 is 14.0 Å². The largest absolute Gasteiger partial charge is 0.411 e. The van der Waals surface area contributed by atoms with Gasteiger partial charge in [-0.05, 0) is 29.5 Å². The van der Waals surface area contributed by atoms with E-state index in [0.29, 0.717) is 16.8 Å². The molecule has 0 atom stereocenters. The number of benzene rings is 2. The number of halogens is 2. The number of rotatable bonds is 4. The molecule has 0 heterocycles. The second kappa shape index (κ2) is 6.52. The second-order valence-electron chi connectivity index (χ2n) is 4.18. The minimum atomic E-state index is -0.599. The summed E-state index contributed by atoms with van der Waals surface area (Å²) in [5.41, 5.74) is 1.50. The topological polar surface area (TPSA) is 32.6 Å². The predicted octanol–water partition coefficient (Wildman–Crippen LogP) is 4.11. The molecule has 20 heavy (non-hydrogen) atoms. The molecule has 1 N–H and O–H groups in total. The van der Waals surface area contributed by atoms with Crippen molar-refractivity contribution in [2.24, 2.45) is 5.16 Å². The van der Waals surface area contributed by atoms with Gasteiger partial charge in [-0.2, -0.15) is 0 Å². The van der Waals surface area contributed by atoms with Crippen molar-refractivity contribution in [3.8, 4) is 0 Å². The molecule has 0 aliphatic carbocycles. The molecule has 2 aromatic rings. The first-order valence-corrected chi connectivity index (χ1v) is 7.16. The van der Waals surface area contributed by atoms with Crippen LogP contribution < -0.4 is 0 Å². The monoisotopic (exact) mass is 293 g/mol. The van der Waals surface area contributed by atoms with Gasteiger partial charge in [0.2, 0.25) is 0 Å². The summed E-state index contributed by atoms with van der Waals surface area (Å²) >= 11 is 1.02. The van der Waals surface area contributed by atoms with Crippen LogP contribution in [0.15, 0.2) is 52.5 Å². The average Bonchev–Trinajstić information content (AvgIpc) is 2.45. The number of oxime groups is 1. The lowest BCUT2D eigenvalue weighted by Crippen LogP contribution is -2.06. The molecule has 0 aliphatic heterocycles. The molecule has 2 aromatic carbocycles. The van der Waals surface area contributed by atoms with Gasteiger partial charge in [-0.15, -0.1) is 11.8 Å². The third-order valence-electron chi connectivity index (χ3n) is 2.86. The zero-order valence-electron chi connectivity index (χ0n) is 10.8. The third-order valence-corrected chi connectivity index (χ3v) is 3.66. The van der Waals surface area contributed by atoms with E-state index in [1.807, 2.05) is 6.07 Å². The van der Waals surface area contributed by atoms with Crippen molar-refractivity contribution in [1.82, 2.24) is 0 Å². The Morgan fingerprint density at radius 3 is 2.25 bits per heavy atom. The first-order valence-electron chi connectivity index (χ1n) is 5.94. The van der Waals surface area contributed by atoms with E-state index in [1.54, 1.807) is 30.5 Å². The summed E-state index contributed by atoms with van der Waals surface area (Å²) in [7, 11) is 0. The van der Waals surface area contributed by atoms with Crippen LogP contribution in [0.1, 0.15) is 11.1 Å². The van der Waals surface area contributed by atoms with Crippen molar-refractivity contribution in [3.63, 3.8) is 0 Å². The van der Waals surface area contributed by atoms with Gasteiger partial charge in [0.15, 0.2) is 0 Å². The normalized spacial score (nSPS) is 11.7. The van der Waals surface area contributed by atoms with Gasteiger partial charge in [-0.25, -0.2) is 8.78 Å². The number of hydrogen-bond donors (Lipinski definition) is 1. The lowest BCUT2D eigenvalue weighted by Gasteiger charge is -2.08. The van der Waals surface area contributed by atoms with E-state index in [-0.39, 0.29) is 11.3 Å². The molecule has 0 unspecified atom stereocenters. The first-order chi connectivity index (χ1) is 9.65. The average molecular weight is 293 g/mol. The lowest BCUT2D eigenvalue weighted by molar-refractivity contribution is 0.318. The fourth-order valence-electron chi connectivity index (χ4n) is 1.93. The molecule has 0 bridgehead atoms. The SMILES string of the molecule is CSc1c(F)cc(CC(=NO)c2ccccc2)cc1F. The van der Waals surface area contributed by atoms with Gasteiger partial charge in [-0.1, -0.05) is 35.5 Å². The summed E-state index contributed by atoms with van der Waals surface area (Å²) in [4.78, 5) is -0.00375. The Kier molecular flexibility index (Phi) is 4.74. The summed E-state index contributed by atoms with van der Waals surface area (Å²) < 4.78 is 27.4. The highest BCUT2D eigenvalue weighted by Gasteiger charge is 2.12. The smallest absolute Gasteiger partial charge is 0.140 e. The maximum absolute atomic E-state index is 13.7. The van der Waals surface area contributed by atoms with Crippen LogP contribution in [-0.4, -0.2) is 17.2 Å². The maximum atomic E-state index is 13.7. The van der Waals surface area contributed by atoms with E-state index in [4.69, 9.17) is 5.21 Å². The van der Waals surface area contributed by atoms with Gasteiger partial charge >= 0.3 is 0 Å². The van der Waals surface area contributed by atoms with Gasteiger partial charge in [0, 0.05) is 6.42 Å². The van der Waals surface area contributed by atoms with Crippen LogP contribution in [0.5, 0.6) is 0 Å². The molecule has 0 aliphatic rings. The Bertz CT molecular complexity index is 606. The summed E-state index contributed by atoms with van der Waals surface area (Å²) in [6.45, 7) is 0. The van der Waals surface area contributed by atoms with Crippen LogP contribution in [0.3, 0.4) is 0 Å². The Morgan fingerprint density at radius 2 is 1.75 bits per heavy atom. The highest BCUT2D eigenvalue weighted by molar-refractivity contribution is 7.98. The number of thioether (sulfide) groups is 1. The van der Waals surface area contributed by atoms with E-state index in [0.717, 1.165) is 11.8 Å².